The summed E-state index contributed by atoms with van der Waals surface area (Å²) in [6, 6.07) is 14.8. The van der Waals surface area contributed by atoms with E-state index in [-0.39, 0.29) is 6.42 Å². The number of nitrogens with two attached hydrogens (primary N) is 1. The minimum absolute atomic E-state index is 0.279. The molecule has 0 spiro atoms. The van der Waals surface area contributed by atoms with Crippen LogP contribution in [0.4, 0.5) is 0 Å². The summed E-state index contributed by atoms with van der Waals surface area (Å²) in [7, 11) is 0. The number of ether oxygens (including phenoxy) is 1. The van der Waals surface area contributed by atoms with E-state index in [1.807, 2.05) is 36.4 Å². The van der Waals surface area contributed by atoms with Crippen molar-refractivity contribution in [3.05, 3.63) is 71.8 Å². The molecule has 0 radical (unpaired) electrons. The predicted octanol–water partition coefficient (Wildman–Crippen LogP) is 2.30. The Morgan fingerprint density at radius 1 is 1.08 bits per heavy atom. The van der Waals surface area contributed by atoms with Crippen molar-refractivity contribution in [2.75, 3.05) is 0 Å². The first-order chi connectivity index (χ1) is 12.5. The zero-order valence-corrected chi connectivity index (χ0v) is 14.3. The van der Waals surface area contributed by atoms with Gasteiger partial charge in [0.1, 0.15) is 11.8 Å². The number of hydrogen-bond acceptors (Lipinski definition) is 4. The van der Waals surface area contributed by atoms with E-state index in [4.69, 9.17) is 10.5 Å². The van der Waals surface area contributed by atoms with E-state index in [9.17, 15) is 14.4 Å². The molecule has 0 saturated heterocycles. The van der Waals surface area contributed by atoms with Crippen molar-refractivity contribution in [1.82, 2.24) is 5.32 Å². The lowest BCUT2D eigenvalue weighted by Gasteiger charge is -2.14. The summed E-state index contributed by atoms with van der Waals surface area (Å²) < 4.78 is 4.91. The fourth-order valence-electron chi connectivity index (χ4n) is 2.23. The van der Waals surface area contributed by atoms with Gasteiger partial charge in [-0.05, 0) is 36.2 Å². The SMILES string of the molecule is CC(=O)Oc1ccc(C(=O)N[C@H](C/C=C/c2ccccc2)C(N)=O)cc1. The number of primary amides is 1. The maximum atomic E-state index is 12.3. The molecule has 0 aliphatic rings. The third-order valence-electron chi connectivity index (χ3n) is 3.51. The lowest BCUT2D eigenvalue weighted by atomic mass is 10.1. The summed E-state index contributed by atoms with van der Waals surface area (Å²) in [6.07, 6.45) is 3.92. The number of carbonyl (C=O) groups excluding carboxylic acids is 3. The molecule has 6 heteroatoms. The quantitative estimate of drug-likeness (QED) is 0.590. The van der Waals surface area contributed by atoms with Crippen LogP contribution in [-0.2, 0) is 9.59 Å². The molecule has 0 aromatic heterocycles. The largest absolute Gasteiger partial charge is 0.427 e. The number of carbonyl (C=O) groups is 3. The Morgan fingerprint density at radius 2 is 1.73 bits per heavy atom. The first kappa shape index (κ1) is 18.9. The van der Waals surface area contributed by atoms with Crippen LogP contribution in [0.15, 0.2) is 60.7 Å². The highest BCUT2D eigenvalue weighted by atomic mass is 16.5. The monoisotopic (exact) mass is 352 g/mol. The molecule has 134 valence electrons. The van der Waals surface area contributed by atoms with E-state index in [1.54, 1.807) is 6.08 Å². The molecular weight excluding hydrogens is 332 g/mol. The van der Waals surface area contributed by atoms with Crippen molar-refractivity contribution in [2.24, 2.45) is 5.73 Å². The topological polar surface area (TPSA) is 98.5 Å². The van der Waals surface area contributed by atoms with Gasteiger partial charge in [0.2, 0.25) is 5.91 Å². The van der Waals surface area contributed by atoms with Gasteiger partial charge in [0.15, 0.2) is 0 Å². The molecular formula is C20H20N2O4. The number of hydrogen-bond donors (Lipinski definition) is 2. The van der Waals surface area contributed by atoms with Crippen LogP contribution in [0.25, 0.3) is 6.08 Å². The van der Waals surface area contributed by atoms with Crippen molar-refractivity contribution in [3.63, 3.8) is 0 Å². The minimum Gasteiger partial charge on any atom is -0.427 e. The lowest BCUT2D eigenvalue weighted by Crippen LogP contribution is -2.44. The number of amides is 2. The molecule has 2 rings (SSSR count). The van der Waals surface area contributed by atoms with Crippen LogP contribution in [0.5, 0.6) is 5.75 Å². The molecule has 1 atom stereocenters. The summed E-state index contributed by atoms with van der Waals surface area (Å²) in [5.74, 6) is -1.16. The van der Waals surface area contributed by atoms with Gasteiger partial charge in [0, 0.05) is 12.5 Å². The van der Waals surface area contributed by atoms with Gasteiger partial charge >= 0.3 is 5.97 Å². The normalized spacial score (nSPS) is 11.7. The maximum absolute atomic E-state index is 12.3. The summed E-state index contributed by atoms with van der Waals surface area (Å²) in [5, 5.41) is 2.61. The average molecular weight is 352 g/mol. The van der Waals surface area contributed by atoms with Gasteiger partial charge in [-0.2, -0.15) is 0 Å². The van der Waals surface area contributed by atoms with Gasteiger partial charge in [-0.1, -0.05) is 42.5 Å². The third-order valence-corrected chi connectivity index (χ3v) is 3.51. The van der Waals surface area contributed by atoms with Gasteiger partial charge < -0.3 is 15.8 Å². The Kier molecular flexibility index (Phi) is 6.68. The summed E-state index contributed by atoms with van der Waals surface area (Å²) in [4.78, 5) is 34.8. The van der Waals surface area contributed by atoms with Crippen LogP contribution in [0, 0.1) is 0 Å². The van der Waals surface area contributed by atoms with Crippen LogP contribution in [0.1, 0.15) is 29.3 Å². The van der Waals surface area contributed by atoms with Crippen LogP contribution in [0.3, 0.4) is 0 Å². The first-order valence-corrected chi connectivity index (χ1v) is 8.06. The smallest absolute Gasteiger partial charge is 0.308 e. The molecule has 0 aliphatic heterocycles. The fourth-order valence-corrected chi connectivity index (χ4v) is 2.23. The number of esters is 1. The second kappa shape index (κ2) is 9.17. The van der Waals surface area contributed by atoms with E-state index < -0.39 is 23.8 Å². The highest BCUT2D eigenvalue weighted by Gasteiger charge is 2.17. The Balaban J connectivity index is 1.98. The Bertz CT molecular complexity index is 798. The van der Waals surface area contributed by atoms with E-state index in [0.717, 1.165) is 5.56 Å². The highest BCUT2D eigenvalue weighted by molar-refractivity contribution is 5.97. The molecule has 3 N–H and O–H groups in total. The van der Waals surface area contributed by atoms with E-state index in [2.05, 4.69) is 5.32 Å². The Hall–Kier alpha value is -3.41. The fraction of sp³-hybridized carbons (Fsp3) is 0.150. The molecule has 0 unspecified atom stereocenters. The zero-order chi connectivity index (χ0) is 18.9. The third kappa shape index (κ3) is 5.90. The summed E-state index contributed by atoms with van der Waals surface area (Å²) in [5.41, 5.74) is 6.70. The van der Waals surface area contributed by atoms with Gasteiger partial charge in [-0.15, -0.1) is 0 Å². The maximum Gasteiger partial charge on any atom is 0.308 e. The van der Waals surface area contributed by atoms with E-state index in [0.29, 0.717) is 11.3 Å². The molecule has 0 fully saturated rings. The molecule has 6 nitrogen and oxygen atoms in total. The lowest BCUT2D eigenvalue weighted by molar-refractivity contribution is -0.131. The van der Waals surface area contributed by atoms with Crippen molar-refractivity contribution < 1.29 is 19.1 Å². The van der Waals surface area contributed by atoms with Crippen LogP contribution in [-0.4, -0.2) is 23.8 Å². The second-order valence-electron chi connectivity index (χ2n) is 5.60. The van der Waals surface area contributed by atoms with E-state index >= 15 is 0 Å². The molecule has 0 bridgehead atoms. The molecule has 0 heterocycles. The van der Waals surface area contributed by atoms with Crippen LogP contribution >= 0.6 is 0 Å². The molecule has 0 aliphatic carbocycles. The Labute approximate surface area is 151 Å². The van der Waals surface area contributed by atoms with Gasteiger partial charge in [-0.25, -0.2) is 0 Å². The standard InChI is InChI=1S/C20H20N2O4/c1-14(23)26-17-12-10-16(11-13-17)20(25)22-18(19(21)24)9-5-8-15-6-3-2-4-7-15/h2-8,10-13,18H,9H2,1H3,(H2,21,24)(H,22,25)/b8-5+/t18-/m1/s1. The van der Waals surface area contributed by atoms with Crippen LogP contribution in [0.2, 0.25) is 0 Å². The van der Waals surface area contributed by atoms with E-state index in [1.165, 1.54) is 31.2 Å². The van der Waals surface area contributed by atoms with Crippen LogP contribution < -0.4 is 15.8 Å². The van der Waals surface area contributed by atoms with Gasteiger partial charge in [0.25, 0.3) is 5.91 Å². The average Bonchev–Trinajstić information content (AvgIpc) is 2.61. The molecule has 26 heavy (non-hydrogen) atoms. The number of rotatable bonds is 7. The van der Waals surface area contributed by atoms with Crippen molar-refractivity contribution in [3.8, 4) is 5.75 Å². The van der Waals surface area contributed by atoms with Crippen molar-refractivity contribution in [1.29, 1.82) is 0 Å². The second-order valence-corrected chi connectivity index (χ2v) is 5.60. The molecule has 2 aromatic rings. The Morgan fingerprint density at radius 3 is 2.31 bits per heavy atom. The predicted molar refractivity (Wildman–Crippen MR) is 98.3 cm³/mol. The zero-order valence-electron chi connectivity index (χ0n) is 14.3. The van der Waals surface area contributed by atoms with Crippen molar-refractivity contribution >= 4 is 23.9 Å². The molecule has 0 saturated carbocycles. The highest BCUT2D eigenvalue weighted by Crippen LogP contribution is 2.13. The summed E-state index contributed by atoms with van der Waals surface area (Å²) in [6.45, 7) is 1.29. The van der Waals surface area contributed by atoms with Gasteiger partial charge in [-0.3, -0.25) is 14.4 Å². The van der Waals surface area contributed by atoms with Crippen molar-refractivity contribution in [2.45, 2.75) is 19.4 Å². The summed E-state index contributed by atoms with van der Waals surface area (Å²) >= 11 is 0. The van der Waals surface area contributed by atoms with Gasteiger partial charge in [0.05, 0.1) is 0 Å². The molecule has 2 amide bonds. The number of nitrogens with one attached hydrogen (secondary N) is 1. The molecule has 2 aromatic carbocycles. The number of benzene rings is 2. The first-order valence-electron chi connectivity index (χ1n) is 8.06. The minimum atomic E-state index is -0.824.